The number of benzene rings is 2. The van der Waals surface area contributed by atoms with Gasteiger partial charge in [0.15, 0.2) is 5.58 Å². The lowest BCUT2D eigenvalue weighted by molar-refractivity contribution is -0.126. The molecular formula is C24H28N4O3. The Morgan fingerprint density at radius 3 is 2.58 bits per heavy atom. The smallest absolute Gasteiger partial charge is 0.408 e. The van der Waals surface area contributed by atoms with Crippen LogP contribution in [0.25, 0.3) is 22.2 Å². The number of fused-ring (bicyclic) bond motifs is 1. The van der Waals surface area contributed by atoms with Crippen molar-refractivity contribution in [3.63, 3.8) is 0 Å². The van der Waals surface area contributed by atoms with Gasteiger partial charge in [0.2, 0.25) is 5.91 Å². The lowest BCUT2D eigenvalue weighted by Gasteiger charge is -2.26. The molecule has 1 unspecified atom stereocenters. The summed E-state index contributed by atoms with van der Waals surface area (Å²) in [6.07, 6.45) is 4.10. The zero-order valence-corrected chi connectivity index (χ0v) is 17.8. The van der Waals surface area contributed by atoms with Crippen LogP contribution in [0.2, 0.25) is 0 Å². The minimum atomic E-state index is -0.755. The molecule has 0 aliphatic heterocycles. The molecule has 7 nitrogen and oxygen atoms in total. The number of carbonyl (C=O) groups is 1. The second-order valence-corrected chi connectivity index (χ2v) is 8.45. The highest BCUT2D eigenvalue weighted by Crippen LogP contribution is 2.28. The Morgan fingerprint density at radius 1 is 1.23 bits per heavy atom. The van der Waals surface area contributed by atoms with Gasteiger partial charge in [-0.15, -0.1) is 0 Å². The summed E-state index contributed by atoms with van der Waals surface area (Å²) in [6.45, 7) is 4.03. The Bertz CT molecular complexity index is 1150. The maximum absolute atomic E-state index is 12.7. The molecule has 0 bridgehead atoms. The van der Waals surface area contributed by atoms with Crippen molar-refractivity contribution in [2.75, 3.05) is 6.54 Å². The van der Waals surface area contributed by atoms with Gasteiger partial charge in [0.1, 0.15) is 0 Å². The van der Waals surface area contributed by atoms with Crippen LogP contribution in [-0.2, 0) is 18.3 Å². The van der Waals surface area contributed by atoms with Crippen LogP contribution in [0.3, 0.4) is 0 Å². The average Bonchev–Trinajstić information content (AvgIpc) is 3.33. The van der Waals surface area contributed by atoms with Crippen LogP contribution in [0.5, 0.6) is 0 Å². The van der Waals surface area contributed by atoms with Gasteiger partial charge in [0, 0.05) is 7.05 Å². The van der Waals surface area contributed by atoms with Crippen LogP contribution in [0.4, 0.5) is 0 Å². The van der Waals surface area contributed by atoms with E-state index in [1.807, 2.05) is 42.5 Å². The zero-order chi connectivity index (χ0) is 22.0. The van der Waals surface area contributed by atoms with E-state index in [-0.39, 0.29) is 17.7 Å². The number of aliphatic imine (C=N–C) groups is 1. The summed E-state index contributed by atoms with van der Waals surface area (Å²) in [7, 11) is 1.69. The molecule has 1 saturated carbocycles. The molecule has 0 spiro atoms. The van der Waals surface area contributed by atoms with Crippen molar-refractivity contribution in [3.05, 3.63) is 58.6 Å². The summed E-state index contributed by atoms with van der Waals surface area (Å²) in [4.78, 5) is 28.4. The van der Waals surface area contributed by atoms with Gasteiger partial charge in [-0.2, -0.15) is 0 Å². The fraction of sp³-hybridized carbons (Fsp3) is 0.375. The van der Waals surface area contributed by atoms with Crippen LogP contribution < -0.4 is 16.8 Å². The van der Waals surface area contributed by atoms with E-state index in [1.165, 1.54) is 4.57 Å². The lowest BCUT2D eigenvalue weighted by Crippen LogP contribution is -2.55. The predicted octanol–water partition coefficient (Wildman–Crippen LogP) is 2.80. The highest BCUT2D eigenvalue weighted by molar-refractivity contribution is 5.86. The molecule has 3 aromatic rings. The van der Waals surface area contributed by atoms with Crippen molar-refractivity contribution in [3.8, 4) is 11.1 Å². The summed E-state index contributed by atoms with van der Waals surface area (Å²) in [6, 6.07) is 13.7. The molecule has 162 valence electrons. The first-order chi connectivity index (χ1) is 14.9. The van der Waals surface area contributed by atoms with E-state index < -0.39 is 5.54 Å². The summed E-state index contributed by atoms with van der Waals surface area (Å²) in [5.74, 6) is -0.461. The number of carbonyl (C=O) groups excluding carboxylic acids is 1. The quantitative estimate of drug-likeness (QED) is 0.574. The minimum absolute atomic E-state index is 0.0886. The number of nitrogens with one attached hydrogen (secondary N) is 1. The Balaban J connectivity index is 1.48. The second-order valence-electron chi connectivity index (χ2n) is 8.45. The third kappa shape index (κ3) is 4.32. The fourth-order valence-electron chi connectivity index (χ4n) is 4.30. The Morgan fingerprint density at radius 2 is 1.90 bits per heavy atom. The molecule has 1 heterocycles. The maximum atomic E-state index is 12.7. The summed E-state index contributed by atoms with van der Waals surface area (Å²) in [5.41, 5.74) is 9.99. The molecule has 1 aliphatic rings. The number of nitrogens with two attached hydrogens (primary N) is 1. The molecule has 1 fully saturated rings. The molecule has 4 rings (SSSR count). The summed E-state index contributed by atoms with van der Waals surface area (Å²) >= 11 is 0. The van der Waals surface area contributed by atoms with E-state index in [1.54, 1.807) is 7.05 Å². The van der Waals surface area contributed by atoms with Crippen molar-refractivity contribution in [2.24, 2.45) is 17.8 Å². The predicted molar refractivity (Wildman–Crippen MR) is 122 cm³/mol. The number of aryl methyl sites for hydroxylation is 1. The number of hydrogen-bond donors (Lipinski definition) is 2. The maximum Gasteiger partial charge on any atom is 0.419 e. The van der Waals surface area contributed by atoms with Gasteiger partial charge in [-0.25, -0.2) is 4.79 Å². The lowest BCUT2D eigenvalue weighted by atomic mass is 9.96. The van der Waals surface area contributed by atoms with Crippen molar-refractivity contribution >= 4 is 23.7 Å². The number of rotatable bonds is 7. The minimum Gasteiger partial charge on any atom is -0.408 e. The second kappa shape index (κ2) is 8.51. The summed E-state index contributed by atoms with van der Waals surface area (Å²) < 4.78 is 6.70. The van der Waals surface area contributed by atoms with Gasteiger partial charge in [-0.1, -0.05) is 43.2 Å². The zero-order valence-electron chi connectivity index (χ0n) is 17.8. The van der Waals surface area contributed by atoms with Crippen LogP contribution in [0.1, 0.15) is 31.2 Å². The summed E-state index contributed by atoms with van der Waals surface area (Å²) in [5, 5.41) is 3.08. The molecule has 0 radical (unpaired) electrons. The highest BCUT2D eigenvalue weighted by atomic mass is 16.4. The van der Waals surface area contributed by atoms with Gasteiger partial charge >= 0.3 is 5.76 Å². The van der Waals surface area contributed by atoms with E-state index in [2.05, 4.69) is 17.0 Å². The molecular weight excluding hydrogens is 392 g/mol. The molecule has 7 heteroatoms. The van der Waals surface area contributed by atoms with E-state index in [0.29, 0.717) is 18.5 Å². The topological polar surface area (TPSA) is 103 Å². The highest BCUT2D eigenvalue weighted by Gasteiger charge is 2.37. The van der Waals surface area contributed by atoms with Gasteiger partial charge in [0.25, 0.3) is 0 Å². The Labute approximate surface area is 181 Å². The van der Waals surface area contributed by atoms with Crippen LogP contribution in [-0.4, -0.2) is 35.3 Å². The molecule has 0 saturated heterocycles. The van der Waals surface area contributed by atoms with Gasteiger partial charge in [0.05, 0.1) is 23.6 Å². The first-order valence-electron chi connectivity index (χ1n) is 10.6. The Hall–Kier alpha value is -3.19. The van der Waals surface area contributed by atoms with Crippen molar-refractivity contribution < 1.29 is 9.21 Å². The molecule has 1 aliphatic carbocycles. The molecule has 1 aromatic heterocycles. The standard InChI is InChI=1S/C24H28N4O3/c1-26-15-19(27-22(29)24(25)11-3-4-12-24)13-16-5-7-17(8-6-16)18-9-10-21-20(14-18)28(2)23(30)31-21/h5-10,14,19H,1,3-4,11-13,15,25H2,2H3,(H,27,29). The molecule has 2 aromatic carbocycles. The molecule has 3 N–H and O–H groups in total. The van der Waals surface area contributed by atoms with E-state index in [9.17, 15) is 9.59 Å². The SMILES string of the molecule is C=NCC(Cc1ccc(-c2ccc3oc(=O)n(C)c3c2)cc1)NC(=O)C1(N)CCCC1. The van der Waals surface area contributed by atoms with E-state index in [0.717, 1.165) is 47.9 Å². The van der Waals surface area contributed by atoms with Crippen LogP contribution in [0.15, 0.2) is 56.7 Å². The van der Waals surface area contributed by atoms with Crippen molar-refractivity contribution in [1.82, 2.24) is 9.88 Å². The van der Waals surface area contributed by atoms with E-state index in [4.69, 9.17) is 10.2 Å². The molecule has 1 atom stereocenters. The van der Waals surface area contributed by atoms with Gasteiger partial charge in [-0.3, -0.25) is 14.4 Å². The fourth-order valence-corrected chi connectivity index (χ4v) is 4.30. The van der Waals surface area contributed by atoms with Gasteiger partial charge in [-0.05, 0) is 54.8 Å². The third-order valence-corrected chi connectivity index (χ3v) is 6.19. The number of amides is 1. The van der Waals surface area contributed by atoms with E-state index >= 15 is 0 Å². The Kier molecular flexibility index (Phi) is 5.78. The van der Waals surface area contributed by atoms with Crippen molar-refractivity contribution in [1.29, 1.82) is 0 Å². The number of nitrogens with zero attached hydrogens (tertiary/aromatic N) is 2. The first kappa shape index (κ1) is 21.1. The normalized spacial score (nSPS) is 16.3. The average molecular weight is 421 g/mol. The molecule has 31 heavy (non-hydrogen) atoms. The largest absolute Gasteiger partial charge is 0.419 e. The van der Waals surface area contributed by atoms with Gasteiger partial charge < -0.3 is 15.5 Å². The number of aromatic nitrogens is 1. The number of hydrogen-bond acceptors (Lipinski definition) is 5. The van der Waals surface area contributed by atoms with Crippen LogP contribution in [0, 0.1) is 0 Å². The van der Waals surface area contributed by atoms with Crippen LogP contribution >= 0.6 is 0 Å². The number of oxazole rings is 1. The first-order valence-corrected chi connectivity index (χ1v) is 10.6. The third-order valence-electron chi connectivity index (χ3n) is 6.19. The van der Waals surface area contributed by atoms with Crippen molar-refractivity contribution in [2.45, 2.75) is 43.7 Å². The molecule has 1 amide bonds. The monoisotopic (exact) mass is 420 g/mol.